The number of hydrogen-bond donors (Lipinski definition) is 0. The van der Waals surface area contributed by atoms with Crippen molar-refractivity contribution < 1.29 is 9.53 Å². The molecule has 0 N–H and O–H groups in total. The second-order valence-corrected chi connectivity index (χ2v) is 4.10. The summed E-state index contributed by atoms with van der Waals surface area (Å²) in [4.78, 5) is 16.2. The van der Waals surface area contributed by atoms with Gasteiger partial charge in [0, 0.05) is 17.1 Å². The first kappa shape index (κ1) is 10.8. The highest BCUT2D eigenvalue weighted by molar-refractivity contribution is 7.08. The molecule has 0 fully saturated rings. The molecule has 0 saturated heterocycles. The zero-order valence-electron chi connectivity index (χ0n) is 9.06. The Kier molecular flexibility index (Phi) is 3.01. The van der Waals surface area contributed by atoms with Gasteiger partial charge in [-0.05, 0) is 30.0 Å². The van der Waals surface area contributed by atoms with E-state index in [4.69, 9.17) is 4.74 Å². The predicted octanol–water partition coefficient (Wildman–Crippen LogP) is 2.69. The van der Waals surface area contributed by atoms with Gasteiger partial charge in [-0.1, -0.05) is 0 Å². The summed E-state index contributed by atoms with van der Waals surface area (Å²) in [6.45, 7) is 1.92. The van der Waals surface area contributed by atoms with Gasteiger partial charge in [-0.25, -0.2) is 4.98 Å². The summed E-state index contributed by atoms with van der Waals surface area (Å²) in [5, 5.41) is 3.79. The number of ketones is 1. The summed E-state index contributed by atoms with van der Waals surface area (Å²) in [6, 6.07) is 3.48. The first-order valence-corrected chi connectivity index (χ1v) is 5.75. The number of methoxy groups -OCH3 is 1. The Labute approximate surface area is 97.7 Å². The molecule has 0 unspecified atom stereocenters. The van der Waals surface area contributed by atoms with Crippen LogP contribution >= 0.6 is 11.3 Å². The number of carbonyl (C=O) groups excluding carboxylic acids is 1. The SMILES string of the molecule is COc1cccnc1C(=O)c1cscc1C. The van der Waals surface area contributed by atoms with E-state index in [9.17, 15) is 4.79 Å². The minimum atomic E-state index is -0.0869. The van der Waals surface area contributed by atoms with E-state index in [1.54, 1.807) is 18.3 Å². The van der Waals surface area contributed by atoms with Crippen LogP contribution in [0.3, 0.4) is 0 Å². The first-order chi connectivity index (χ1) is 7.74. The van der Waals surface area contributed by atoms with E-state index in [0.29, 0.717) is 17.0 Å². The largest absolute Gasteiger partial charge is 0.494 e. The van der Waals surface area contributed by atoms with Crippen molar-refractivity contribution in [3.8, 4) is 5.75 Å². The van der Waals surface area contributed by atoms with Crippen molar-refractivity contribution >= 4 is 17.1 Å². The third kappa shape index (κ3) is 1.84. The zero-order chi connectivity index (χ0) is 11.5. The summed E-state index contributed by atoms with van der Waals surface area (Å²) >= 11 is 1.51. The molecule has 16 heavy (non-hydrogen) atoms. The Morgan fingerprint density at radius 3 is 2.88 bits per heavy atom. The van der Waals surface area contributed by atoms with Crippen LogP contribution in [-0.4, -0.2) is 17.9 Å². The van der Waals surface area contributed by atoms with Crippen LogP contribution in [-0.2, 0) is 0 Å². The number of hydrogen-bond acceptors (Lipinski definition) is 4. The molecule has 0 bridgehead atoms. The van der Waals surface area contributed by atoms with Gasteiger partial charge in [-0.3, -0.25) is 4.79 Å². The minimum absolute atomic E-state index is 0.0869. The fourth-order valence-corrected chi connectivity index (χ4v) is 2.27. The van der Waals surface area contributed by atoms with Gasteiger partial charge in [0.1, 0.15) is 5.75 Å². The Balaban J connectivity index is 2.46. The van der Waals surface area contributed by atoms with Gasteiger partial charge in [0.2, 0.25) is 5.78 Å². The number of pyridine rings is 1. The van der Waals surface area contributed by atoms with Crippen LogP contribution < -0.4 is 4.74 Å². The van der Waals surface area contributed by atoms with Crippen molar-refractivity contribution in [2.45, 2.75) is 6.92 Å². The predicted molar refractivity (Wildman–Crippen MR) is 63.3 cm³/mol. The normalized spacial score (nSPS) is 10.1. The molecule has 0 aliphatic carbocycles. The smallest absolute Gasteiger partial charge is 0.216 e. The van der Waals surface area contributed by atoms with Crippen molar-refractivity contribution in [1.82, 2.24) is 4.98 Å². The molecular formula is C12H11NO2S. The van der Waals surface area contributed by atoms with E-state index < -0.39 is 0 Å². The van der Waals surface area contributed by atoms with E-state index in [1.165, 1.54) is 18.4 Å². The number of aromatic nitrogens is 1. The molecule has 0 spiro atoms. The third-order valence-corrected chi connectivity index (χ3v) is 3.17. The van der Waals surface area contributed by atoms with Crippen LogP contribution in [0.25, 0.3) is 0 Å². The van der Waals surface area contributed by atoms with Gasteiger partial charge in [-0.15, -0.1) is 0 Å². The van der Waals surface area contributed by atoms with E-state index in [-0.39, 0.29) is 5.78 Å². The molecule has 0 radical (unpaired) electrons. The van der Waals surface area contributed by atoms with Crippen molar-refractivity contribution in [3.05, 3.63) is 45.9 Å². The monoisotopic (exact) mass is 233 g/mol. The molecule has 3 nitrogen and oxygen atoms in total. The Bertz CT molecular complexity index is 519. The highest BCUT2D eigenvalue weighted by Crippen LogP contribution is 2.22. The highest BCUT2D eigenvalue weighted by atomic mass is 32.1. The van der Waals surface area contributed by atoms with Crippen molar-refractivity contribution in [1.29, 1.82) is 0 Å². The molecule has 82 valence electrons. The van der Waals surface area contributed by atoms with Crippen LogP contribution in [0.2, 0.25) is 0 Å². The van der Waals surface area contributed by atoms with Gasteiger partial charge in [-0.2, -0.15) is 11.3 Å². The lowest BCUT2D eigenvalue weighted by Crippen LogP contribution is -2.06. The molecular weight excluding hydrogens is 222 g/mol. The van der Waals surface area contributed by atoms with Gasteiger partial charge in [0.25, 0.3) is 0 Å². The standard InChI is InChI=1S/C12H11NO2S/c1-8-6-16-7-9(8)12(14)11-10(15-2)4-3-5-13-11/h3-7H,1-2H3. The van der Waals surface area contributed by atoms with E-state index in [1.807, 2.05) is 17.7 Å². The first-order valence-electron chi connectivity index (χ1n) is 4.80. The number of ether oxygens (including phenoxy) is 1. The fraction of sp³-hybridized carbons (Fsp3) is 0.167. The fourth-order valence-electron chi connectivity index (χ4n) is 1.45. The van der Waals surface area contributed by atoms with Crippen LogP contribution in [0.15, 0.2) is 29.1 Å². The van der Waals surface area contributed by atoms with E-state index >= 15 is 0 Å². The second kappa shape index (κ2) is 4.45. The molecule has 2 aromatic rings. The molecule has 4 heteroatoms. The lowest BCUT2D eigenvalue weighted by Gasteiger charge is -2.05. The van der Waals surface area contributed by atoms with Crippen LogP contribution in [0.1, 0.15) is 21.6 Å². The maximum atomic E-state index is 12.2. The van der Waals surface area contributed by atoms with Crippen LogP contribution in [0, 0.1) is 6.92 Å². The third-order valence-electron chi connectivity index (χ3n) is 2.31. The molecule has 2 rings (SSSR count). The summed E-state index contributed by atoms with van der Waals surface area (Å²) in [7, 11) is 1.54. The van der Waals surface area contributed by atoms with Crippen molar-refractivity contribution in [3.63, 3.8) is 0 Å². The average molecular weight is 233 g/mol. The number of carbonyl (C=O) groups is 1. The quantitative estimate of drug-likeness (QED) is 0.765. The number of aryl methyl sites for hydroxylation is 1. The van der Waals surface area contributed by atoms with Gasteiger partial charge in [0.15, 0.2) is 5.69 Å². The molecule has 0 atom stereocenters. The average Bonchev–Trinajstić information content (AvgIpc) is 2.74. The summed E-state index contributed by atoms with van der Waals surface area (Å²) in [6.07, 6.45) is 1.59. The molecule has 0 aromatic carbocycles. The molecule has 2 heterocycles. The maximum absolute atomic E-state index is 12.2. The number of rotatable bonds is 3. The summed E-state index contributed by atoms with van der Waals surface area (Å²) in [5.74, 6) is 0.425. The minimum Gasteiger partial charge on any atom is -0.494 e. The Hall–Kier alpha value is -1.68. The lowest BCUT2D eigenvalue weighted by molar-refractivity contribution is 0.103. The molecule has 0 aliphatic heterocycles. The Morgan fingerprint density at radius 2 is 2.25 bits per heavy atom. The van der Waals surface area contributed by atoms with Crippen molar-refractivity contribution in [2.24, 2.45) is 0 Å². The Morgan fingerprint density at radius 1 is 1.44 bits per heavy atom. The maximum Gasteiger partial charge on any atom is 0.216 e. The van der Waals surface area contributed by atoms with Crippen molar-refractivity contribution in [2.75, 3.05) is 7.11 Å². The summed E-state index contributed by atoms with van der Waals surface area (Å²) < 4.78 is 5.12. The molecule has 2 aromatic heterocycles. The number of thiophene rings is 1. The van der Waals surface area contributed by atoms with Gasteiger partial charge >= 0.3 is 0 Å². The lowest BCUT2D eigenvalue weighted by atomic mass is 10.1. The summed E-state index contributed by atoms with van der Waals surface area (Å²) in [5.41, 5.74) is 2.04. The van der Waals surface area contributed by atoms with E-state index in [2.05, 4.69) is 4.98 Å². The topological polar surface area (TPSA) is 39.2 Å². The van der Waals surface area contributed by atoms with Gasteiger partial charge < -0.3 is 4.74 Å². The second-order valence-electron chi connectivity index (χ2n) is 3.35. The van der Waals surface area contributed by atoms with Crippen LogP contribution in [0.5, 0.6) is 5.75 Å². The molecule has 0 amide bonds. The van der Waals surface area contributed by atoms with Gasteiger partial charge in [0.05, 0.1) is 7.11 Å². The van der Waals surface area contributed by atoms with E-state index in [0.717, 1.165) is 5.56 Å². The van der Waals surface area contributed by atoms with Crippen LogP contribution in [0.4, 0.5) is 0 Å². The highest BCUT2D eigenvalue weighted by Gasteiger charge is 2.17. The zero-order valence-corrected chi connectivity index (χ0v) is 9.88. The molecule has 0 saturated carbocycles. The molecule has 0 aliphatic rings. The number of nitrogens with zero attached hydrogens (tertiary/aromatic N) is 1.